The number of nitrogens with zero attached hydrogens (tertiary/aromatic N) is 2. The predicted molar refractivity (Wildman–Crippen MR) is 80.0 cm³/mol. The molecule has 0 atom stereocenters. The molecule has 0 aromatic heterocycles. The first-order chi connectivity index (χ1) is 10.8. The highest BCUT2D eigenvalue weighted by atomic mass is 16.6. The van der Waals surface area contributed by atoms with Crippen LogP contribution in [0.25, 0.3) is 0 Å². The number of aliphatic carboxylic acids is 1. The van der Waals surface area contributed by atoms with Gasteiger partial charge in [-0.05, 0) is 13.8 Å². The molecule has 23 heavy (non-hydrogen) atoms. The normalized spacial score (nSPS) is 10.0. The lowest BCUT2D eigenvalue weighted by molar-refractivity contribution is -0.385. The molecule has 0 radical (unpaired) electrons. The number of ether oxygens (including phenoxy) is 2. The standard InChI is InChI=1S/C14H18N2O7/c1-4-15(8-13(17)18)14(19)9-6-12(23-5-2)11(22-3)7-10(9)16(20)21/h6-7H,4-5,8H2,1-3H3,(H,17,18). The van der Waals surface area contributed by atoms with Crippen molar-refractivity contribution in [1.29, 1.82) is 0 Å². The van der Waals surface area contributed by atoms with E-state index in [1.807, 2.05) is 0 Å². The van der Waals surface area contributed by atoms with E-state index in [-0.39, 0.29) is 30.2 Å². The molecule has 0 heterocycles. The summed E-state index contributed by atoms with van der Waals surface area (Å²) < 4.78 is 10.3. The van der Waals surface area contributed by atoms with Crippen molar-refractivity contribution in [1.82, 2.24) is 4.90 Å². The highest BCUT2D eigenvalue weighted by Crippen LogP contribution is 2.35. The number of hydrogen-bond donors (Lipinski definition) is 1. The number of hydrogen-bond acceptors (Lipinski definition) is 6. The number of carbonyl (C=O) groups is 2. The fraction of sp³-hybridized carbons (Fsp3) is 0.429. The van der Waals surface area contributed by atoms with E-state index in [9.17, 15) is 19.7 Å². The fourth-order valence-electron chi connectivity index (χ4n) is 1.96. The van der Waals surface area contributed by atoms with E-state index in [0.717, 1.165) is 11.0 Å². The minimum Gasteiger partial charge on any atom is -0.493 e. The molecule has 0 aliphatic carbocycles. The molecule has 1 rings (SSSR count). The second-order valence-corrected chi connectivity index (χ2v) is 4.42. The molecule has 0 spiro atoms. The van der Waals surface area contributed by atoms with Crippen LogP contribution in [0.15, 0.2) is 12.1 Å². The van der Waals surface area contributed by atoms with Gasteiger partial charge in [0.1, 0.15) is 12.1 Å². The number of carboxylic acids is 1. The molecule has 0 unspecified atom stereocenters. The van der Waals surface area contributed by atoms with Crippen molar-refractivity contribution in [2.75, 3.05) is 26.8 Å². The maximum atomic E-state index is 12.5. The third kappa shape index (κ3) is 4.31. The Morgan fingerprint density at radius 3 is 2.39 bits per heavy atom. The number of amides is 1. The smallest absolute Gasteiger partial charge is 0.323 e. The molecule has 9 nitrogen and oxygen atoms in total. The topological polar surface area (TPSA) is 119 Å². The van der Waals surface area contributed by atoms with Gasteiger partial charge in [-0.25, -0.2) is 0 Å². The summed E-state index contributed by atoms with van der Waals surface area (Å²) >= 11 is 0. The van der Waals surface area contributed by atoms with E-state index in [4.69, 9.17) is 14.6 Å². The zero-order chi connectivity index (χ0) is 17.6. The van der Waals surface area contributed by atoms with Crippen LogP contribution in [0, 0.1) is 10.1 Å². The van der Waals surface area contributed by atoms with Crippen molar-refractivity contribution in [3.63, 3.8) is 0 Å². The Labute approximate surface area is 132 Å². The van der Waals surface area contributed by atoms with Crippen molar-refractivity contribution in [3.8, 4) is 11.5 Å². The Bertz CT molecular complexity index is 615. The van der Waals surface area contributed by atoms with Gasteiger partial charge in [0.25, 0.3) is 11.6 Å². The number of carbonyl (C=O) groups excluding carboxylic acids is 1. The number of benzene rings is 1. The monoisotopic (exact) mass is 326 g/mol. The Kier molecular flexibility index (Phi) is 6.31. The molecular formula is C14H18N2O7. The van der Waals surface area contributed by atoms with Crippen LogP contribution in [0.5, 0.6) is 11.5 Å². The minimum absolute atomic E-state index is 0.0955. The fourth-order valence-corrected chi connectivity index (χ4v) is 1.96. The summed E-state index contributed by atoms with van der Waals surface area (Å²) in [6.07, 6.45) is 0. The van der Waals surface area contributed by atoms with Crippen molar-refractivity contribution in [3.05, 3.63) is 27.8 Å². The van der Waals surface area contributed by atoms with Crippen molar-refractivity contribution < 1.29 is 29.1 Å². The van der Waals surface area contributed by atoms with Crippen LogP contribution in [0.4, 0.5) is 5.69 Å². The van der Waals surface area contributed by atoms with Crippen molar-refractivity contribution in [2.24, 2.45) is 0 Å². The van der Waals surface area contributed by atoms with Gasteiger partial charge in [0, 0.05) is 12.6 Å². The Balaban J connectivity index is 3.41. The van der Waals surface area contributed by atoms with Crippen LogP contribution in [0.3, 0.4) is 0 Å². The van der Waals surface area contributed by atoms with Crippen LogP contribution >= 0.6 is 0 Å². The molecule has 0 aliphatic heterocycles. The lowest BCUT2D eigenvalue weighted by atomic mass is 10.1. The van der Waals surface area contributed by atoms with Gasteiger partial charge in [-0.1, -0.05) is 0 Å². The molecule has 0 saturated carbocycles. The largest absolute Gasteiger partial charge is 0.493 e. The number of nitro groups is 1. The van der Waals surface area contributed by atoms with Gasteiger partial charge in [0.15, 0.2) is 11.5 Å². The SMILES string of the molecule is CCOc1cc(C(=O)N(CC)CC(=O)O)c([N+](=O)[O-])cc1OC. The van der Waals surface area contributed by atoms with Gasteiger partial charge in [0.05, 0.1) is 24.7 Å². The molecule has 1 N–H and O–H groups in total. The number of carboxylic acid groups (broad SMARTS) is 1. The van der Waals surface area contributed by atoms with Gasteiger partial charge < -0.3 is 19.5 Å². The van der Waals surface area contributed by atoms with E-state index in [0.29, 0.717) is 0 Å². The van der Waals surface area contributed by atoms with Crippen LogP contribution in [-0.2, 0) is 4.79 Å². The van der Waals surface area contributed by atoms with E-state index in [1.165, 1.54) is 13.2 Å². The van der Waals surface area contributed by atoms with Crippen LogP contribution in [-0.4, -0.2) is 53.6 Å². The molecule has 0 bridgehead atoms. The summed E-state index contributed by atoms with van der Waals surface area (Å²) in [5.41, 5.74) is -0.721. The summed E-state index contributed by atoms with van der Waals surface area (Å²) in [6.45, 7) is 3.11. The molecule has 0 saturated heterocycles. The Morgan fingerprint density at radius 2 is 1.96 bits per heavy atom. The molecule has 9 heteroatoms. The average Bonchev–Trinajstić information content (AvgIpc) is 2.51. The summed E-state index contributed by atoms with van der Waals surface area (Å²) in [7, 11) is 1.33. The number of methoxy groups -OCH3 is 1. The van der Waals surface area contributed by atoms with Crippen molar-refractivity contribution >= 4 is 17.6 Å². The molecule has 1 amide bonds. The second-order valence-electron chi connectivity index (χ2n) is 4.42. The molecule has 1 aromatic carbocycles. The zero-order valence-electron chi connectivity index (χ0n) is 13.1. The summed E-state index contributed by atoms with van der Waals surface area (Å²) in [5, 5.41) is 20.1. The molecule has 126 valence electrons. The summed E-state index contributed by atoms with van der Waals surface area (Å²) in [6, 6.07) is 2.29. The lowest BCUT2D eigenvalue weighted by Crippen LogP contribution is -2.35. The molecule has 1 aromatic rings. The molecule has 0 fully saturated rings. The third-order valence-corrected chi connectivity index (χ3v) is 3.00. The van der Waals surface area contributed by atoms with Crippen molar-refractivity contribution in [2.45, 2.75) is 13.8 Å². The predicted octanol–water partition coefficient (Wildman–Crippen LogP) is 1.55. The first-order valence-corrected chi connectivity index (χ1v) is 6.85. The molecular weight excluding hydrogens is 308 g/mol. The highest BCUT2D eigenvalue weighted by Gasteiger charge is 2.28. The summed E-state index contributed by atoms with van der Waals surface area (Å²) in [4.78, 5) is 34.8. The third-order valence-electron chi connectivity index (χ3n) is 3.00. The number of nitro benzene ring substituents is 1. The molecule has 0 aliphatic rings. The van der Waals surface area contributed by atoms with Crippen LogP contribution in [0.2, 0.25) is 0 Å². The van der Waals surface area contributed by atoms with E-state index in [2.05, 4.69) is 0 Å². The second kappa shape index (κ2) is 7.97. The van der Waals surface area contributed by atoms with E-state index < -0.39 is 29.0 Å². The van der Waals surface area contributed by atoms with E-state index in [1.54, 1.807) is 13.8 Å². The quantitative estimate of drug-likeness (QED) is 0.568. The Hall–Kier alpha value is -2.84. The summed E-state index contributed by atoms with van der Waals surface area (Å²) in [5.74, 6) is -1.67. The lowest BCUT2D eigenvalue weighted by Gasteiger charge is -2.19. The number of rotatable bonds is 8. The average molecular weight is 326 g/mol. The van der Waals surface area contributed by atoms with Crippen LogP contribution < -0.4 is 9.47 Å². The maximum absolute atomic E-state index is 12.5. The first kappa shape index (κ1) is 18.2. The van der Waals surface area contributed by atoms with Gasteiger partial charge in [-0.2, -0.15) is 0 Å². The zero-order valence-corrected chi connectivity index (χ0v) is 13.1. The van der Waals surface area contributed by atoms with Crippen LogP contribution in [0.1, 0.15) is 24.2 Å². The Morgan fingerprint density at radius 1 is 1.30 bits per heavy atom. The number of likely N-dealkylation sites (N-methyl/N-ethyl adjacent to an activating group) is 1. The van der Waals surface area contributed by atoms with Gasteiger partial charge in [-0.15, -0.1) is 0 Å². The minimum atomic E-state index is -1.21. The first-order valence-electron chi connectivity index (χ1n) is 6.85. The highest BCUT2D eigenvalue weighted by molar-refractivity contribution is 6.00. The van der Waals surface area contributed by atoms with Gasteiger partial charge in [-0.3, -0.25) is 19.7 Å². The van der Waals surface area contributed by atoms with Gasteiger partial charge >= 0.3 is 5.97 Å². The maximum Gasteiger partial charge on any atom is 0.323 e. The van der Waals surface area contributed by atoms with Gasteiger partial charge in [0.2, 0.25) is 0 Å². The van der Waals surface area contributed by atoms with E-state index >= 15 is 0 Å².